The predicted molar refractivity (Wildman–Crippen MR) is 146 cm³/mol. The number of methoxy groups -OCH3 is 2. The zero-order chi connectivity index (χ0) is 26.5. The summed E-state index contributed by atoms with van der Waals surface area (Å²) in [5.41, 5.74) is 4.99. The Labute approximate surface area is 223 Å². The van der Waals surface area contributed by atoms with Crippen molar-refractivity contribution in [2.45, 2.75) is 12.6 Å². The number of aromatic nitrogens is 3. The molecule has 2 aliphatic rings. The van der Waals surface area contributed by atoms with Gasteiger partial charge in [0, 0.05) is 34.4 Å². The van der Waals surface area contributed by atoms with E-state index in [0.717, 1.165) is 27.9 Å². The molecule has 1 atom stereocenters. The molecule has 2 aromatic heterocycles. The Bertz CT molecular complexity index is 1780. The van der Waals surface area contributed by atoms with Crippen molar-refractivity contribution in [2.24, 2.45) is 0 Å². The van der Waals surface area contributed by atoms with E-state index in [4.69, 9.17) is 28.9 Å². The summed E-state index contributed by atoms with van der Waals surface area (Å²) in [5, 5.41) is 0.659. The average molecular weight is 521 g/mol. The maximum atomic E-state index is 13.6. The number of para-hydroxylation sites is 1. The van der Waals surface area contributed by atoms with Crippen LogP contribution < -0.4 is 29.3 Å². The van der Waals surface area contributed by atoms with Crippen LogP contribution >= 0.6 is 0 Å². The van der Waals surface area contributed by atoms with Gasteiger partial charge in [0.15, 0.2) is 28.4 Å². The molecule has 2 aliphatic heterocycles. The van der Waals surface area contributed by atoms with Crippen LogP contribution in [-0.2, 0) is 6.54 Å². The molecule has 39 heavy (non-hydrogen) atoms. The fourth-order valence-corrected chi connectivity index (χ4v) is 5.35. The van der Waals surface area contributed by atoms with Crippen molar-refractivity contribution >= 4 is 16.9 Å². The van der Waals surface area contributed by atoms with E-state index < -0.39 is 0 Å². The lowest BCUT2D eigenvalue weighted by atomic mass is 10.0. The summed E-state index contributed by atoms with van der Waals surface area (Å²) in [7, 11) is 3.21. The van der Waals surface area contributed by atoms with Crippen molar-refractivity contribution in [3.8, 4) is 34.1 Å². The van der Waals surface area contributed by atoms with Gasteiger partial charge in [-0.25, -0.2) is 9.97 Å². The van der Waals surface area contributed by atoms with E-state index in [1.807, 2.05) is 65.6 Å². The van der Waals surface area contributed by atoms with Crippen LogP contribution in [0.3, 0.4) is 0 Å². The number of nitrogens with one attached hydrogen (secondary N) is 1. The van der Waals surface area contributed by atoms with E-state index in [9.17, 15) is 4.79 Å². The van der Waals surface area contributed by atoms with E-state index in [0.29, 0.717) is 46.4 Å². The number of anilines is 1. The van der Waals surface area contributed by atoms with Crippen LogP contribution in [0, 0.1) is 0 Å². The number of hydrogen-bond acceptors (Lipinski definition) is 8. The van der Waals surface area contributed by atoms with Gasteiger partial charge in [-0.15, -0.1) is 0 Å². The number of nitrogens with zero attached hydrogens (tertiary/aromatic N) is 3. The highest BCUT2D eigenvalue weighted by Gasteiger charge is 2.37. The Hall–Kier alpha value is -5.05. The van der Waals surface area contributed by atoms with Crippen molar-refractivity contribution in [1.82, 2.24) is 15.0 Å². The monoisotopic (exact) mass is 520 g/mol. The molecule has 7 rings (SSSR count). The van der Waals surface area contributed by atoms with Gasteiger partial charge in [0.25, 0.3) is 0 Å². The molecule has 0 amide bonds. The van der Waals surface area contributed by atoms with Gasteiger partial charge in [0.05, 0.1) is 32.5 Å². The summed E-state index contributed by atoms with van der Waals surface area (Å²) >= 11 is 0. The maximum absolute atomic E-state index is 13.6. The largest absolute Gasteiger partial charge is 0.493 e. The summed E-state index contributed by atoms with van der Waals surface area (Å²) in [6, 6.07) is 18.8. The van der Waals surface area contributed by atoms with Crippen LogP contribution in [0.1, 0.15) is 22.9 Å². The maximum Gasteiger partial charge on any atom is 0.231 e. The van der Waals surface area contributed by atoms with Gasteiger partial charge in [-0.05, 0) is 47.5 Å². The molecule has 0 saturated carbocycles. The van der Waals surface area contributed by atoms with E-state index in [2.05, 4.69) is 4.98 Å². The number of ether oxygens (including phenoxy) is 4. The van der Waals surface area contributed by atoms with Gasteiger partial charge in [-0.1, -0.05) is 24.3 Å². The van der Waals surface area contributed by atoms with Crippen LogP contribution in [0.5, 0.6) is 23.0 Å². The van der Waals surface area contributed by atoms with E-state index >= 15 is 0 Å². The molecule has 9 nitrogen and oxygen atoms in total. The van der Waals surface area contributed by atoms with Crippen LogP contribution in [0.15, 0.2) is 77.9 Å². The highest BCUT2D eigenvalue weighted by atomic mass is 16.7. The smallest absolute Gasteiger partial charge is 0.231 e. The Balaban J connectivity index is 1.32. The third-order valence-electron chi connectivity index (χ3n) is 7.28. The minimum atomic E-state index is -0.321. The van der Waals surface area contributed by atoms with Gasteiger partial charge >= 0.3 is 0 Å². The average Bonchev–Trinajstić information content (AvgIpc) is 3.61. The quantitative estimate of drug-likeness (QED) is 0.352. The molecule has 194 valence electrons. The summed E-state index contributed by atoms with van der Waals surface area (Å²) in [6.45, 7) is 0.552. The first-order chi connectivity index (χ1) is 19.1. The third-order valence-corrected chi connectivity index (χ3v) is 7.28. The zero-order valence-corrected chi connectivity index (χ0v) is 21.3. The molecule has 4 heterocycles. The molecule has 0 aliphatic carbocycles. The first-order valence-electron chi connectivity index (χ1n) is 12.5. The minimum Gasteiger partial charge on any atom is -0.493 e. The van der Waals surface area contributed by atoms with Gasteiger partial charge in [0.2, 0.25) is 12.7 Å². The number of hydrogen-bond donors (Lipinski definition) is 1. The number of aromatic amines is 1. The van der Waals surface area contributed by atoms with Crippen LogP contribution in [0.2, 0.25) is 0 Å². The second-order valence-electron chi connectivity index (χ2n) is 9.38. The van der Waals surface area contributed by atoms with Crippen molar-refractivity contribution < 1.29 is 18.9 Å². The van der Waals surface area contributed by atoms with Gasteiger partial charge in [-0.3, -0.25) is 4.79 Å². The molecule has 0 radical (unpaired) electrons. The summed E-state index contributed by atoms with van der Waals surface area (Å²) in [4.78, 5) is 28.6. The molecule has 0 unspecified atom stereocenters. The predicted octanol–water partition coefficient (Wildman–Crippen LogP) is 4.84. The second kappa shape index (κ2) is 9.05. The standard InChI is InChI=1S/C30H24N4O5/c1-36-23-9-7-17(11-25(23)37-2)19-13-31-30(32-14-19)34-15-21-27(33-22-6-4-3-5-20(22)29(21)35)28(34)18-8-10-24-26(12-18)39-16-38-24/h3-14,28H,15-16H2,1-2H3,(H,33,35)/t28-/m1/s1. The summed E-state index contributed by atoms with van der Waals surface area (Å²) < 4.78 is 22.0. The first kappa shape index (κ1) is 23.1. The third kappa shape index (κ3) is 3.73. The molecular formula is C30H24N4O5. The zero-order valence-electron chi connectivity index (χ0n) is 21.3. The van der Waals surface area contributed by atoms with Crippen LogP contribution in [-0.4, -0.2) is 36.0 Å². The highest BCUT2D eigenvalue weighted by molar-refractivity contribution is 5.80. The lowest BCUT2D eigenvalue weighted by Gasteiger charge is -2.25. The van der Waals surface area contributed by atoms with Crippen molar-refractivity contribution in [2.75, 3.05) is 25.9 Å². The Morgan fingerprint density at radius 1 is 0.897 bits per heavy atom. The van der Waals surface area contributed by atoms with E-state index in [-0.39, 0.29) is 18.3 Å². The fourth-order valence-electron chi connectivity index (χ4n) is 5.35. The Morgan fingerprint density at radius 3 is 2.51 bits per heavy atom. The molecule has 0 fully saturated rings. The van der Waals surface area contributed by atoms with Gasteiger partial charge in [0.1, 0.15) is 0 Å². The van der Waals surface area contributed by atoms with Crippen molar-refractivity contribution in [1.29, 1.82) is 0 Å². The highest BCUT2D eigenvalue weighted by Crippen LogP contribution is 2.43. The summed E-state index contributed by atoms with van der Waals surface area (Å²) in [6.07, 6.45) is 3.56. The van der Waals surface area contributed by atoms with Crippen molar-refractivity contribution in [3.05, 3.63) is 100 Å². The normalized spacial score (nSPS) is 15.4. The molecule has 0 spiro atoms. The van der Waals surface area contributed by atoms with Gasteiger partial charge < -0.3 is 28.8 Å². The van der Waals surface area contributed by atoms with Crippen LogP contribution in [0.25, 0.3) is 22.0 Å². The first-order valence-corrected chi connectivity index (χ1v) is 12.5. The SMILES string of the molecule is COc1ccc(-c2cnc(N3Cc4c([nH]c5ccccc5c4=O)[C@H]3c3ccc4c(c3)OCO4)nc2)cc1OC. The number of H-pyrrole nitrogens is 1. The minimum absolute atomic E-state index is 0.00883. The Morgan fingerprint density at radius 2 is 1.69 bits per heavy atom. The second-order valence-corrected chi connectivity index (χ2v) is 9.38. The number of fused-ring (bicyclic) bond motifs is 3. The number of rotatable bonds is 5. The Kier molecular flexibility index (Phi) is 5.36. The van der Waals surface area contributed by atoms with E-state index in [1.165, 1.54) is 0 Å². The molecule has 5 aromatic rings. The lowest BCUT2D eigenvalue weighted by Crippen LogP contribution is -2.25. The fraction of sp³-hybridized carbons (Fsp3) is 0.167. The topological polar surface area (TPSA) is 98.8 Å². The van der Waals surface area contributed by atoms with Gasteiger partial charge in [-0.2, -0.15) is 0 Å². The van der Waals surface area contributed by atoms with Crippen LogP contribution in [0.4, 0.5) is 5.95 Å². The molecule has 1 N–H and O–H groups in total. The molecule has 9 heteroatoms. The van der Waals surface area contributed by atoms with E-state index in [1.54, 1.807) is 26.6 Å². The summed E-state index contributed by atoms with van der Waals surface area (Å²) in [5.74, 6) is 3.16. The molecule has 3 aromatic carbocycles. The molecule has 0 saturated heterocycles. The molecular weight excluding hydrogens is 496 g/mol. The molecule has 0 bridgehead atoms. The van der Waals surface area contributed by atoms with Crippen molar-refractivity contribution in [3.63, 3.8) is 0 Å². The number of pyridine rings is 1. The number of benzene rings is 3. The lowest BCUT2D eigenvalue weighted by molar-refractivity contribution is 0.174.